The second-order valence-electron chi connectivity index (χ2n) is 5.25. The van der Waals surface area contributed by atoms with Gasteiger partial charge in [0.15, 0.2) is 0 Å². The molecule has 0 fully saturated rings. The molecule has 1 aromatic heterocycles. The summed E-state index contributed by atoms with van der Waals surface area (Å²) in [7, 11) is 0. The molecule has 1 N–H and O–H groups in total. The molecular formula is C18H15ClN2OS. The fourth-order valence-electron chi connectivity index (χ4n) is 2.15. The van der Waals surface area contributed by atoms with Crippen LogP contribution in [0, 0.1) is 6.92 Å². The summed E-state index contributed by atoms with van der Waals surface area (Å²) < 4.78 is 0. The van der Waals surface area contributed by atoms with Gasteiger partial charge in [-0.2, -0.15) is 0 Å². The highest BCUT2D eigenvalue weighted by molar-refractivity contribution is 7.13. The summed E-state index contributed by atoms with van der Waals surface area (Å²) in [5.74, 6) is -0.104. The Kier molecular flexibility index (Phi) is 4.74. The van der Waals surface area contributed by atoms with Crippen LogP contribution in [-0.4, -0.2) is 10.9 Å². The summed E-state index contributed by atoms with van der Waals surface area (Å²) in [6.07, 6.45) is 0.245. The second-order valence-corrected chi connectivity index (χ2v) is 6.54. The minimum atomic E-state index is -0.104. The third-order valence-electron chi connectivity index (χ3n) is 3.30. The molecule has 0 radical (unpaired) electrons. The largest absolute Gasteiger partial charge is 0.326 e. The van der Waals surface area contributed by atoms with Crippen LogP contribution < -0.4 is 5.32 Å². The van der Waals surface area contributed by atoms with Crippen LogP contribution in [0.15, 0.2) is 53.9 Å². The van der Waals surface area contributed by atoms with Crippen LogP contribution in [0.3, 0.4) is 0 Å². The van der Waals surface area contributed by atoms with Crippen LogP contribution in [0.4, 0.5) is 5.69 Å². The number of amides is 1. The Morgan fingerprint density at radius 1 is 1.22 bits per heavy atom. The topological polar surface area (TPSA) is 42.0 Å². The van der Waals surface area contributed by atoms with E-state index in [0.29, 0.717) is 10.7 Å². The smallest absolute Gasteiger partial charge is 0.230 e. The van der Waals surface area contributed by atoms with E-state index in [1.54, 1.807) is 29.5 Å². The van der Waals surface area contributed by atoms with Gasteiger partial charge in [-0.05, 0) is 25.1 Å². The quantitative estimate of drug-likeness (QED) is 0.728. The molecule has 0 unspecified atom stereocenters. The zero-order chi connectivity index (χ0) is 16.2. The average Bonchev–Trinajstić information content (AvgIpc) is 2.96. The Labute approximate surface area is 144 Å². The minimum Gasteiger partial charge on any atom is -0.326 e. The molecule has 0 aliphatic carbocycles. The van der Waals surface area contributed by atoms with Crippen molar-refractivity contribution >= 4 is 34.5 Å². The summed E-state index contributed by atoms with van der Waals surface area (Å²) in [5.41, 5.74) is 3.75. The van der Waals surface area contributed by atoms with Gasteiger partial charge in [0, 0.05) is 21.7 Å². The Hall–Kier alpha value is -2.17. The zero-order valence-corrected chi connectivity index (χ0v) is 14.1. The van der Waals surface area contributed by atoms with Crippen molar-refractivity contribution in [3.63, 3.8) is 0 Å². The van der Waals surface area contributed by atoms with Gasteiger partial charge in [0.1, 0.15) is 5.01 Å². The molecule has 5 heteroatoms. The first-order chi connectivity index (χ1) is 11.1. The van der Waals surface area contributed by atoms with Crippen LogP contribution in [0.5, 0.6) is 0 Å². The monoisotopic (exact) mass is 342 g/mol. The van der Waals surface area contributed by atoms with Gasteiger partial charge in [-0.1, -0.05) is 47.5 Å². The highest BCUT2D eigenvalue weighted by atomic mass is 35.5. The molecule has 23 heavy (non-hydrogen) atoms. The molecule has 0 saturated carbocycles. The van der Waals surface area contributed by atoms with Gasteiger partial charge >= 0.3 is 0 Å². The standard InChI is InChI=1S/C18H15ClN2OS/c1-12-5-7-13(8-6-12)18-21-16(11-23-18)10-17(22)20-15-4-2-3-14(19)9-15/h2-9,11H,10H2,1H3,(H,20,22). The van der Waals surface area contributed by atoms with Crippen LogP contribution in [0.1, 0.15) is 11.3 Å². The first kappa shape index (κ1) is 15.7. The van der Waals surface area contributed by atoms with Gasteiger partial charge < -0.3 is 5.32 Å². The van der Waals surface area contributed by atoms with Crippen molar-refractivity contribution < 1.29 is 4.79 Å². The van der Waals surface area contributed by atoms with Crippen molar-refractivity contribution in [3.05, 3.63) is 70.2 Å². The van der Waals surface area contributed by atoms with Crippen LogP contribution in [0.25, 0.3) is 10.6 Å². The third-order valence-corrected chi connectivity index (χ3v) is 4.48. The van der Waals surface area contributed by atoms with Crippen LogP contribution in [0.2, 0.25) is 5.02 Å². The summed E-state index contributed by atoms with van der Waals surface area (Å²) >= 11 is 7.46. The molecule has 3 aromatic rings. The van der Waals surface area contributed by atoms with E-state index >= 15 is 0 Å². The number of carbonyl (C=O) groups excluding carboxylic acids is 1. The number of aryl methyl sites for hydroxylation is 1. The lowest BCUT2D eigenvalue weighted by atomic mass is 10.2. The van der Waals surface area contributed by atoms with Crippen molar-refractivity contribution in [2.24, 2.45) is 0 Å². The molecule has 116 valence electrons. The number of carbonyl (C=O) groups is 1. The van der Waals surface area contributed by atoms with E-state index in [0.717, 1.165) is 16.3 Å². The molecular weight excluding hydrogens is 328 g/mol. The molecule has 2 aromatic carbocycles. The number of thiazole rings is 1. The fourth-order valence-corrected chi connectivity index (χ4v) is 3.17. The summed E-state index contributed by atoms with van der Waals surface area (Å²) in [6, 6.07) is 15.3. The number of benzene rings is 2. The summed E-state index contributed by atoms with van der Waals surface area (Å²) in [5, 5.41) is 6.27. The lowest BCUT2D eigenvalue weighted by molar-refractivity contribution is -0.115. The maximum Gasteiger partial charge on any atom is 0.230 e. The van der Waals surface area contributed by atoms with Gasteiger partial charge in [0.25, 0.3) is 0 Å². The highest BCUT2D eigenvalue weighted by Gasteiger charge is 2.09. The number of rotatable bonds is 4. The van der Waals surface area contributed by atoms with Crippen LogP contribution >= 0.6 is 22.9 Å². The molecule has 0 aliphatic rings. The average molecular weight is 343 g/mol. The molecule has 1 heterocycles. The summed E-state index contributed by atoms with van der Waals surface area (Å²) in [4.78, 5) is 16.6. The maximum absolute atomic E-state index is 12.1. The Bertz CT molecular complexity index is 827. The van der Waals surface area contributed by atoms with Crippen molar-refractivity contribution in [2.75, 3.05) is 5.32 Å². The maximum atomic E-state index is 12.1. The predicted octanol–water partition coefficient (Wildman–Crippen LogP) is 4.95. The zero-order valence-electron chi connectivity index (χ0n) is 12.5. The van der Waals surface area contributed by atoms with E-state index in [1.165, 1.54) is 5.56 Å². The first-order valence-electron chi connectivity index (χ1n) is 7.17. The Morgan fingerprint density at radius 3 is 2.74 bits per heavy atom. The summed E-state index contributed by atoms with van der Waals surface area (Å²) in [6.45, 7) is 2.05. The van der Waals surface area contributed by atoms with Gasteiger partial charge in [-0.25, -0.2) is 4.98 Å². The van der Waals surface area contributed by atoms with E-state index in [4.69, 9.17) is 11.6 Å². The van der Waals surface area contributed by atoms with Crippen molar-refractivity contribution in [1.29, 1.82) is 0 Å². The lowest BCUT2D eigenvalue weighted by Gasteiger charge is -2.04. The number of hydrogen-bond acceptors (Lipinski definition) is 3. The first-order valence-corrected chi connectivity index (χ1v) is 8.43. The van der Waals surface area contributed by atoms with Gasteiger partial charge in [0.2, 0.25) is 5.91 Å². The molecule has 0 aliphatic heterocycles. The number of nitrogens with one attached hydrogen (secondary N) is 1. The van der Waals surface area contributed by atoms with Gasteiger partial charge in [0.05, 0.1) is 12.1 Å². The molecule has 0 bridgehead atoms. The number of halogens is 1. The normalized spacial score (nSPS) is 10.5. The van der Waals surface area contributed by atoms with Crippen molar-refractivity contribution in [2.45, 2.75) is 13.3 Å². The number of hydrogen-bond donors (Lipinski definition) is 1. The Balaban J connectivity index is 1.66. The van der Waals surface area contributed by atoms with E-state index in [9.17, 15) is 4.79 Å². The molecule has 1 amide bonds. The van der Waals surface area contributed by atoms with E-state index < -0.39 is 0 Å². The van der Waals surface area contributed by atoms with E-state index in [2.05, 4.69) is 29.4 Å². The number of aromatic nitrogens is 1. The predicted molar refractivity (Wildman–Crippen MR) is 96.1 cm³/mol. The van der Waals surface area contributed by atoms with Gasteiger partial charge in [-0.15, -0.1) is 11.3 Å². The third kappa shape index (κ3) is 4.18. The number of anilines is 1. The minimum absolute atomic E-state index is 0.104. The molecule has 0 saturated heterocycles. The fraction of sp³-hybridized carbons (Fsp3) is 0.111. The van der Waals surface area contributed by atoms with Crippen molar-refractivity contribution in [1.82, 2.24) is 4.98 Å². The van der Waals surface area contributed by atoms with E-state index in [-0.39, 0.29) is 12.3 Å². The molecule has 3 nitrogen and oxygen atoms in total. The number of nitrogens with zero attached hydrogens (tertiary/aromatic N) is 1. The van der Waals surface area contributed by atoms with Crippen molar-refractivity contribution in [3.8, 4) is 10.6 Å². The van der Waals surface area contributed by atoms with Crippen LogP contribution in [-0.2, 0) is 11.2 Å². The lowest BCUT2D eigenvalue weighted by Crippen LogP contribution is -2.14. The van der Waals surface area contributed by atoms with Gasteiger partial charge in [-0.3, -0.25) is 4.79 Å². The highest BCUT2D eigenvalue weighted by Crippen LogP contribution is 2.24. The molecule has 3 rings (SSSR count). The SMILES string of the molecule is Cc1ccc(-c2nc(CC(=O)Nc3cccc(Cl)c3)cs2)cc1. The molecule has 0 spiro atoms. The molecule has 0 atom stereocenters. The Morgan fingerprint density at radius 2 is 2.00 bits per heavy atom. The second kappa shape index (κ2) is 6.94. The van der Waals surface area contributed by atoms with E-state index in [1.807, 2.05) is 23.6 Å².